The van der Waals surface area contributed by atoms with Crippen molar-refractivity contribution in [2.24, 2.45) is 5.92 Å². The quantitative estimate of drug-likeness (QED) is 0.885. The minimum Gasteiger partial charge on any atom is -0.481 e. The zero-order valence-corrected chi connectivity index (χ0v) is 11.1. The average molecular weight is 249 g/mol. The molecule has 98 valence electrons. The zero-order chi connectivity index (χ0) is 13.3. The van der Waals surface area contributed by atoms with Crippen LogP contribution in [0.15, 0.2) is 6.07 Å². The molecular weight excluding hydrogens is 230 g/mol. The van der Waals surface area contributed by atoms with Crippen molar-refractivity contribution in [3.05, 3.63) is 17.6 Å². The predicted molar refractivity (Wildman–Crippen MR) is 68.8 cm³/mol. The summed E-state index contributed by atoms with van der Waals surface area (Å²) in [4.78, 5) is 21.9. The summed E-state index contributed by atoms with van der Waals surface area (Å²) >= 11 is 0. The van der Waals surface area contributed by atoms with Gasteiger partial charge in [0.1, 0.15) is 11.6 Å². The van der Waals surface area contributed by atoms with Crippen LogP contribution in [-0.4, -0.2) is 34.1 Å². The van der Waals surface area contributed by atoms with Gasteiger partial charge in [0.05, 0.1) is 5.92 Å². The maximum absolute atomic E-state index is 11.0. The third-order valence-electron chi connectivity index (χ3n) is 3.24. The van der Waals surface area contributed by atoms with Crippen LogP contribution in [0.4, 0.5) is 5.82 Å². The molecule has 1 aliphatic heterocycles. The van der Waals surface area contributed by atoms with Crippen LogP contribution in [0.2, 0.25) is 0 Å². The highest BCUT2D eigenvalue weighted by Gasteiger charge is 2.29. The van der Waals surface area contributed by atoms with Crippen molar-refractivity contribution in [1.82, 2.24) is 9.97 Å². The second-order valence-electron chi connectivity index (χ2n) is 5.15. The fourth-order valence-corrected chi connectivity index (χ4v) is 2.16. The smallest absolute Gasteiger partial charge is 0.308 e. The maximum Gasteiger partial charge on any atom is 0.308 e. The van der Waals surface area contributed by atoms with Crippen molar-refractivity contribution in [2.45, 2.75) is 33.1 Å². The first-order chi connectivity index (χ1) is 8.47. The van der Waals surface area contributed by atoms with E-state index in [-0.39, 0.29) is 11.8 Å². The molecule has 0 aromatic carbocycles. The standard InChI is InChI=1S/C13H19N3O2/c1-8(2)12-14-9(3)6-11(15-12)16-5-4-10(7-16)13(17)18/h6,8,10H,4-5,7H2,1-3H3,(H,17,18). The summed E-state index contributed by atoms with van der Waals surface area (Å²) in [6.45, 7) is 7.36. The summed E-state index contributed by atoms with van der Waals surface area (Å²) in [5.74, 6) is 0.968. The van der Waals surface area contributed by atoms with E-state index < -0.39 is 5.97 Å². The molecule has 0 aliphatic carbocycles. The van der Waals surface area contributed by atoms with Gasteiger partial charge in [-0.05, 0) is 13.3 Å². The van der Waals surface area contributed by atoms with Crippen molar-refractivity contribution in [1.29, 1.82) is 0 Å². The summed E-state index contributed by atoms with van der Waals surface area (Å²) in [5, 5.41) is 9.02. The van der Waals surface area contributed by atoms with Crippen LogP contribution < -0.4 is 4.90 Å². The molecule has 0 saturated carbocycles. The van der Waals surface area contributed by atoms with Crippen LogP contribution in [0.5, 0.6) is 0 Å². The van der Waals surface area contributed by atoms with Gasteiger partial charge >= 0.3 is 5.97 Å². The van der Waals surface area contributed by atoms with E-state index in [9.17, 15) is 4.79 Å². The molecule has 0 amide bonds. The average Bonchev–Trinajstić information content (AvgIpc) is 2.77. The lowest BCUT2D eigenvalue weighted by Crippen LogP contribution is -2.24. The number of aryl methyl sites for hydroxylation is 1. The topological polar surface area (TPSA) is 66.3 Å². The summed E-state index contributed by atoms with van der Waals surface area (Å²) in [5.41, 5.74) is 0.933. The van der Waals surface area contributed by atoms with Crippen molar-refractivity contribution in [2.75, 3.05) is 18.0 Å². The van der Waals surface area contributed by atoms with Gasteiger partial charge in [-0.3, -0.25) is 4.79 Å². The normalized spacial score (nSPS) is 19.6. The van der Waals surface area contributed by atoms with Crippen LogP contribution >= 0.6 is 0 Å². The highest BCUT2D eigenvalue weighted by Crippen LogP contribution is 2.24. The largest absolute Gasteiger partial charge is 0.481 e. The predicted octanol–water partition coefficient (Wildman–Crippen LogP) is 1.82. The fourth-order valence-electron chi connectivity index (χ4n) is 2.16. The zero-order valence-electron chi connectivity index (χ0n) is 11.1. The minimum atomic E-state index is -0.715. The Hall–Kier alpha value is -1.65. The summed E-state index contributed by atoms with van der Waals surface area (Å²) < 4.78 is 0. The third kappa shape index (κ3) is 2.60. The Bertz CT molecular complexity index is 460. The molecule has 2 heterocycles. The molecule has 2 rings (SSSR count). The number of aliphatic carboxylic acids is 1. The number of anilines is 1. The van der Waals surface area contributed by atoms with E-state index in [0.29, 0.717) is 13.0 Å². The molecule has 0 spiro atoms. The van der Waals surface area contributed by atoms with Crippen LogP contribution in [0.25, 0.3) is 0 Å². The Morgan fingerprint density at radius 2 is 2.22 bits per heavy atom. The molecule has 0 bridgehead atoms. The Balaban J connectivity index is 2.21. The van der Waals surface area contributed by atoms with Crippen LogP contribution in [0.3, 0.4) is 0 Å². The lowest BCUT2D eigenvalue weighted by Gasteiger charge is -2.18. The number of nitrogens with zero attached hydrogens (tertiary/aromatic N) is 3. The molecule has 1 aromatic rings. The van der Waals surface area contributed by atoms with Gasteiger partial charge in [0.2, 0.25) is 0 Å². The molecule has 1 unspecified atom stereocenters. The van der Waals surface area contributed by atoms with Gasteiger partial charge in [0.25, 0.3) is 0 Å². The first-order valence-electron chi connectivity index (χ1n) is 6.30. The van der Waals surface area contributed by atoms with Gasteiger partial charge in [-0.25, -0.2) is 9.97 Å². The molecule has 18 heavy (non-hydrogen) atoms. The molecule has 0 radical (unpaired) electrons. The Morgan fingerprint density at radius 1 is 1.50 bits per heavy atom. The Morgan fingerprint density at radius 3 is 2.78 bits per heavy atom. The highest BCUT2D eigenvalue weighted by molar-refractivity contribution is 5.71. The fraction of sp³-hybridized carbons (Fsp3) is 0.615. The first kappa shape index (κ1) is 12.8. The molecule has 1 saturated heterocycles. The highest BCUT2D eigenvalue weighted by atomic mass is 16.4. The van der Waals surface area contributed by atoms with Crippen LogP contribution in [0.1, 0.15) is 37.7 Å². The molecule has 1 atom stereocenters. The Labute approximate surface area is 107 Å². The van der Waals surface area contributed by atoms with Crippen molar-refractivity contribution < 1.29 is 9.90 Å². The van der Waals surface area contributed by atoms with E-state index in [0.717, 1.165) is 23.9 Å². The number of aromatic nitrogens is 2. The van der Waals surface area contributed by atoms with E-state index in [1.54, 1.807) is 0 Å². The summed E-state index contributed by atoms with van der Waals surface area (Å²) in [6, 6.07) is 1.93. The summed E-state index contributed by atoms with van der Waals surface area (Å²) in [6.07, 6.45) is 0.690. The molecule has 1 fully saturated rings. The second kappa shape index (κ2) is 4.92. The van der Waals surface area contributed by atoms with Crippen molar-refractivity contribution >= 4 is 11.8 Å². The van der Waals surface area contributed by atoms with E-state index in [4.69, 9.17) is 5.11 Å². The molecule has 1 aliphatic rings. The molecule has 5 heteroatoms. The molecular formula is C13H19N3O2. The van der Waals surface area contributed by atoms with E-state index in [2.05, 4.69) is 23.8 Å². The SMILES string of the molecule is Cc1cc(N2CCC(C(=O)O)C2)nc(C(C)C)n1. The Kier molecular flexibility index (Phi) is 3.50. The maximum atomic E-state index is 11.0. The number of rotatable bonds is 3. The van der Waals surface area contributed by atoms with Crippen molar-refractivity contribution in [3.8, 4) is 0 Å². The van der Waals surface area contributed by atoms with Crippen LogP contribution in [-0.2, 0) is 4.79 Å². The monoisotopic (exact) mass is 249 g/mol. The molecule has 5 nitrogen and oxygen atoms in total. The summed E-state index contributed by atoms with van der Waals surface area (Å²) in [7, 11) is 0. The van der Waals surface area contributed by atoms with Gasteiger partial charge in [-0.2, -0.15) is 0 Å². The van der Waals surface area contributed by atoms with E-state index in [1.807, 2.05) is 17.9 Å². The van der Waals surface area contributed by atoms with E-state index >= 15 is 0 Å². The number of hydrogen-bond donors (Lipinski definition) is 1. The van der Waals surface area contributed by atoms with Gasteiger partial charge in [0, 0.05) is 30.8 Å². The number of carbonyl (C=O) groups is 1. The lowest BCUT2D eigenvalue weighted by molar-refractivity contribution is -0.140. The first-order valence-corrected chi connectivity index (χ1v) is 6.30. The van der Waals surface area contributed by atoms with E-state index in [1.165, 1.54) is 0 Å². The number of carboxylic acids is 1. The van der Waals surface area contributed by atoms with Gasteiger partial charge in [0.15, 0.2) is 0 Å². The van der Waals surface area contributed by atoms with Crippen molar-refractivity contribution in [3.63, 3.8) is 0 Å². The molecule has 1 N–H and O–H groups in total. The van der Waals surface area contributed by atoms with Gasteiger partial charge in [-0.1, -0.05) is 13.8 Å². The third-order valence-corrected chi connectivity index (χ3v) is 3.24. The van der Waals surface area contributed by atoms with Gasteiger partial charge in [-0.15, -0.1) is 0 Å². The number of carboxylic acid groups (broad SMARTS) is 1. The number of hydrogen-bond acceptors (Lipinski definition) is 4. The molecule has 1 aromatic heterocycles. The second-order valence-corrected chi connectivity index (χ2v) is 5.15. The minimum absolute atomic E-state index is 0.275. The van der Waals surface area contributed by atoms with Crippen LogP contribution in [0, 0.1) is 12.8 Å². The lowest BCUT2D eigenvalue weighted by atomic mass is 10.1. The van der Waals surface area contributed by atoms with Gasteiger partial charge < -0.3 is 10.0 Å².